The molecular formula is C21H23N5O2. The molecule has 0 radical (unpaired) electrons. The molecule has 3 N–H and O–H groups in total. The first-order valence-electron chi connectivity index (χ1n) is 8.84. The Morgan fingerprint density at radius 2 is 1.79 bits per heavy atom. The molecule has 1 amide bonds. The molecule has 0 aliphatic rings. The van der Waals surface area contributed by atoms with Crippen molar-refractivity contribution < 1.29 is 9.53 Å². The minimum Gasteiger partial charge on any atom is -0.495 e. The number of pyridine rings is 2. The van der Waals surface area contributed by atoms with Crippen molar-refractivity contribution in [3.05, 3.63) is 65.5 Å². The van der Waals surface area contributed by atoms with Gasteiger partial charge in [0.2, 0.25) is 0 Å². The van der Waals surface area contributed by atoms with E-state index in [1.807, 2.05) is 44.2 Å². The maximum atomic E-state index is 12.3. The van der Waals surface area contributed by atoms with Crippen LogP contribution >= 0.6 is 0 Å². The van der Waals surface area contributed by atoms with Gasteiger partial charge in [-0.2, -0.15) is 0 Å². The van der Waals surface area contributed by atoms with Gasteiger partial charge in [-0.15, -0.1) is 0 Å². The van der Waals surface area contributed by atoms with Crippen LogP contribution in [0.25, 0.3) is 0 Å². The van der Waals surface area contributed by atoms with E-state index in [1.54, 1.807) is 26.4 Å². The van der Waals surface area contributed by atoms with Crippen LogP contribution in [0.1, 0.15) is 21.5 Å². The van der Waals surface area contributed by atoms with Crippen molar-refractivity contribution >= 4 is 28.9 Å². The van der Waals surface area contributed by atoms with E-state index in [-0.39, 0.29) is 5.91 Å². The molecule has 0 bridgehead atoms. The van der Waals surface area contributed by atoms with Crippen LogP contribution in [-0.2, 0) is 0 Å². The molecule has 0 atom stereocenters. The zero-order chi connectivity index (χ0) is 20.1. The number of nitrogens with zero attached hydrogens (tertiary/aromatic N) is 2. The lowest BCUT2D eigenvalue weighted by Gasteiger charge is -2.17. The summed E-state index contributed by atoms with van der Waals surface area (Å²) in [7, 11) is 3.20. The van der Waals surface area contributed by atoms with E-state index in [0.717, 1.165) is 16.8 Å². The lowest BCUT2D eigenvalue weighted by molar-refractivity contribution is 0.0963. The number of rotatable bonds is 6. The summed E-state index contributed by atoms with van der Waals surface area (Å²) >= 11 is 0. The molecule has 0 aliphatic carbocycles. The molecule has 7 heteroatoms. The van der Waals surface area contributed by atoms with Gasteiger partial charge in [0.05, 0.1) is 24.0 Å². The van der Waals surface area contributed by atoms with Gasteiger partial charge in [0.1, 0.15) is 17.4 Å². The number of ether oxygens (including phenoxy) is 1. The van der Waals surface area contributed by atoms with Gasteiger partial charge in [0.25, 0.3) is 5.91 Å². The fourth-order valence-corrected chi connectivity index (χ4v) is 2.72. The molecule has 0 fully saturated rings. The molecule has 144 valence electrons. The summed E-state index contributed by atoms with van der Waals surface area (Å²) in [6.45, 7) is 3.95. The Labute approximate surface area is 164 Å². The van der Waals surface area contributed by atoms with Crippen molar-refractivity contribution in [3.8, 4) is 5.75 Å². The zero-order valence-corrected chi connectivity index (χ0v) is 16.3. The lowest BCUT2D eigenvalue weighted by atomic mass is 10.1. The van der Waals surface area contributed by atoms with E-state index in [2.05, 4.69) is 25.9 Å². The summed E-state index contributed by atoms with van der Waals surface area (Å²) in [5.41, 5.74) is 3.89. The number of carbonyl (C=O) groups excluding carboxylic acids is 1. The summed E-state index contributed by atoms with van der Waals surface area (Å²) in [5.74, 6) is 1.70. The molecule has 0 spiro atoms. The highest BCUT2D eigenvalue weighted by Gasteiger charge is 2.15. The van der Waals surface area contributed by atoms with E-state index in [0.29, 0.717) is 28.6 Å². The van der Waals surface area contributed by atoms with E-state index in [9.17, 15) is 4.79 Å². The Morgan fingerprint density at radius 1 is 1.00 bits per heavy atom. The first kappa shape index (κ1) is 19.2. The number of amides is 1. The van der Waals surface area contributed by atoms with Gasteiger partial charge in [-0.1, -0.05) is 18.2 Å². The Kier molecular flexibility index (Phi) is 5.74. The number of aryl methyl sites for hydroxylation is 2. The van der Waals surface area contributed by atoms with Crippen molar-refractivity contribution in [1.82, 2.24) is 15.3 Å². The molecule has 3 rings (SSSR count). The van der Waals surface area contributed by atoms with Crippen molar-refractivity contribution in [1.29, 1.82) is 0 Å². The topological polar surface area (TPSA) is 88.2 Å². The van der Waals surface area contributed by atoms with Gasteiger partial charge < -0.3 is 20.7 Å². The fraction of sp³-hybridized carbons (Fsp3) is 0.190. The number of anilines is 4. The number of hydrogen-bond donors (Lipinski definition) is 3. The highest BCUT2D eigenvalue weighted by molar-refractivity contribution is 6.00. The third-order valence-electron chi connectivity index (χ3n) is 4.26. The Balaban J connectivity index is 1.99. The maximum absolute atomic E-state index is 12.3. The molecular weight excluding hydrogens is 354 g/mol. The van der Waals surface area contributed by atoms with Gasteiger partial charge in [0, 0.05) is 25.5 Å². The van der Waals surface area contributed by atoms with E-state index >= 15 is 0 Å². The molecule has 28 heavy (non-hydrogen) atoms. The number of carbonyl (C=O) groups is 1. The number of methoxy groups -OCH3 is 1. The summed E-state index contributed by atoms with van der Waals surface area (Å²) in [6, 6.07) is 11.4. The van der Waals surface area contributed by atoms with E-state index in [4.69, 9.17) is 4.74 Å². The third kappa shape index (κ3) is 4.20. The zero-order valence-electron chi connectivity index (χ0n) is 16.3. The van der Waals surface area contributed by atoms with Gasteiger partial charge >= 0.3 is 0 Å². The van der Waals surface area contributed by atoms with Crippen LogP contribution in [0.2, 0.25) is 0 Å². The number of benzene rings is 1. The number of nitrogens with one attached hydrogen (secondary N) is 3. The molecule has 2 aromatic heterocycles. The number of para-hydroxylation sites is 1. The van der Waals surface area contributed by atoms with Crippen molar-refractivity contribution in [2.75, 3.05) is 24.8 Å². The predicted octanol–water partition coefficient (Wildman–Crippen LogP) is 3.95. The van der Waals surface area contributed by atoms with Crippen LogP contribution in [0.5, 0.6) is 5.75 Å². The second-order valence-electron chi connectivity index (χ2n) is 6.32. The fourth-order valence-electron chi connectivity index (χ4n) is 2.72. The predicted molar refractivity (Wildman–Crippen MR) is 111 cm³/mol. The third-order valence-corrected chi connectivity index (χ3v) is 4.26. The normalized spacial score (nSPS) is 10.3. The van der Waals surface area contributed by atoms with Crippen LogP contribution in [0.4, 0.5) is 23.0 Å². The standard InChI is InChI=1S/C21H23N5O2/c1-13-8-9-18(23-11-13)26-19-10-16(15(12-24-19)21(27)22-3)25-20-14(2)6-5-7-17(20)28-4/h5-12H,1-4H3,(H,22,27)(H2,23,24,25,26). The molecule has 2 heterocycles. The van der Waals surface area contributed by atoms with Crippen LogP contribution in [-0.4, -0.2) is 30.0 Å². The molecule has 0 saturated carbocycles. The van der Waals surface area contributed by atoms with Crippen molar-refractivity contribution in [2.24, 2.45) is 0 Å². The minimum atomic E-state index is -0.234. The van der Waals surface area contributed by atoms with Crippen LogP contribution in [0.15, 0.2) is 48.8 Å². The Bertz CT molecular complexity index is 987. The molecule has 7 nitrogen and oxygen atoms in total. The molecule has 0 saturated heterocycles. The van der Waals surface area contributed by atoms with Gasteiger partial charge in [-0.3, -0.25) is 4.79 Å². The number of hydrogen-bond acceptors (Lipinski definition) is 6. The molecule has 0 aliphatic heterocycles. The van der Waals surface area contributed by atoms with Gasteiger partial charge in [-0.25, -0.2) is 9.97 Å². The first-order valence-corrected chi connectivity index (χ1v) is 8.84. The van der Waals surface area contributed by atoms with Gasteiger partial charge in [-0.05, 0) is 37.1 Å². The second kappa shape index (κ2) is 8.39. The summed E-state index contributed by atoms with van der Waals surface area (Å²) in [5, 5.41) is 9.13. The lowest BCUT2D eigenvalue weighted by Crippen LogP contribution is -2.19. The monoisotopic (exact) mass is 377 g/mol. The molecule has 1 aromatic carbocycles. The average Bonchev–Trinajstić information content (AvgIpc) is 2.71. The summed E-state index contributed by atoms with van der Waals surface area (Å²) in [4.78, 5) is 21.0. The smallest absolute Gasteiger partial charge is 0.254 e. The van der Waals surface area contributed by atoms with E-state index in [1.165, 1.54) is 6.20 Å². The van der Waals surface area contributed by atoms with Crippen LogP contribution < -0.4 is 20.7 Å². The Hall–Kier alpha value is -3.61. The highest BCUT2D eigenvalue weighted by atomic mass is 16.5. The Morgan fingerprint density at radius 3 is 2.46 bits per heavy atom. The quantitative estimate of drug-likeness (QED) is 0.603. The SMILES string of the molecule is CNC(=O)c1cnc(Nc2ccc(C)cn2)cc1Nc1c(C)cccc1OC. The minimum absolute atomic E-state index is 0.234. The highest BCUT2D eigenvalue weighted by Crippen LogP contribution is 2.33. The van der Waals surface area contributed by atoms with Crippen LogP contribution in [0, 0.1) is 13.8 Å². The van der Waals surface area contributed by atoms with Gasteiger partial charge in [0.15, 0.2) is 0 Å². The first-order chi connectivity index (χ1) is 13.5. The largest absolute Gasteiger partial charge is 0.495 e. The summed E-state index contributed by atoms with van der Waals surface area (Å²) in [6.07, 6.45) is 3.31. The van der Waals surface area contributed by atoms with Crippen molar-refractivity contribution in [3.63, 3.8) is 0 Å². The number of aromatic nitrogens is 2. The average molecular weight is 377 g/mol. The van der Waals surface area contributed by atoms with Crippen LogP contribution in [0.3, 0.4) is 0 Å². The van der Waals surface area contributed by atoms with E-state index < -0.39 is 0 Å². The summed E-state index contributed by atoms with van der Waals surface area (Å²) < 4.78 is 5.46. The maximum Gasteiger partial charge on any atom is 0.254 e. The molecule has 3 aromatic rings. The second-order valence-corrected chi connectivity index (χ2v) is 6.32. The van der Waals surface area contributed by atoms with Crippen molar-refractivity contribution in [2.45, 2.75) is 13.8 Å². The molecule has 0 unspecified atom stereocenters.